The Morgan fingerprint density at radius 1 is 1.03 bits per heavy atom. The van der Waals surface area contributed by atoms with Crippen LogP contribution in [0.1, 0.15) is 31.2 Å². The van der Waals surface area contributed by atoms with Gasteiger partial charge in [0.25, 0.3) is 0 Å². The number of para-hydroxylation sites is 1. The summed E-state index contributed by atoms with van der Waals surface area (Å²) < 4.78 is 19.1. The maximum Gasteiger partial charge on any atom is 0.248 e. The van der Waals surface area contributed by atoms with Gasteiger partial charge in [-0.1, -0.05) is 44.2 Å². The number of imidazole rings is 1. The number of hydrogen-bond donors (Lipinski definition) is 1. The molecule has 1 amide bonds. The van der Waals surface area contributed by atoms with E-state index in [-0.39, 0.29) is 25.7 Å². The van der Waals surface area contributed by atoms with Crippen molar-refractivity contribution in [3.05, 3.63) is 78.4 Å². The standard InChI is InChI=1S/C30H40N4O5/c1-24(2)29-31-13-14-33(29)17-18-38-27-11-9-25(10-12-27)19-32-15-16-34(28(35)20-37-3)22-30(36,21-32)23-39-26-7-5-4-6-8-26/h4-14,24,36H,15-23H2,1-3H3. The quantitative estimate of drug-likeness (QED) is 0.380. The van der Waals surface area contributed by atoms with Crippen molar-refractivity contribution in [3.63, 3.8) is 0 Å². The van der Waals surface area contributed by atoms with Gasteiger partial charge in [-0.05, 0) is 29.8 Å². The Morgan fingerprint density at radius 3 is 2.49 bits per heavy atom. The summed E-state index contributed by atoms with van der Waals surface area (Å²) in [6, 6.07) is 17.4. The number of β-amino-alcohol motifs (C(OH)–C–C–N with tert-alkyl or cyclic N) is 1. The number of rotatable bonds is 12. The Labute approximate surface area is 230 Å². The van der Waals surface area contributed by atoms with E-state index in [2.05, 4.69) is 28.3 Å². The van der Waals surface area contributed by atoms with E-state index in [1.807, 2.05) is 67.0 Å². The van der Waals surface area contributed by atoms with Gasteiger partial charge in [0.05, 0.1) is 13.1 Å². The van der Waals surface area contributed by atoms with E-state index < -0.39 is 5.60 Å². The maximum absolute atomic E-state index is 12.6. The molecule has 0 radical (unpaired) electrons. The van der Waals surface area contributed by atoms with Crippen molar-refractivity contribution in [2.24, 2.45) is 0 Å². The first kappa shape index (κ1) is 28.6. The summed E-state index contributed by atoms with van der Waals surface area (Å²) in [7, 11) is 1.50. The molecule has 0 spiro atoms. The highest BCUT2D eigenvalue weighted by Crippen LogP contribution is 2.21. The van der Waals surface area contributed by atoms with Gasteiger partial charge in [0.2, 0.25) is 5.91 Å². The molecule has 4 rings (SSSR count). The zero-order valence-corrected chi connectivity index (χ0v) is 23.2. The van der Waals surface area contributed by atoms with Crippen LogP contribution in [0.5, 0.6) is 11.5 Å². The summed E-state index contributed by atoms with van der Waals surface area (Å²) in [4.78, 5) is 20.9. The largest absolute Gasteiger partial charge is 0.492 e. The number of amides is 1. The van der Waals surface area contributed by atoms with Crippen LogP contribution in [0.4, 0.5) is 0 Å². The summed E-state index contributed by atoms with van der Waals surface area (Å²) in [5, 5.41) is 11.6. The number of benzene rings is 2. The van der Waals surface area contributed by atoms with Gasteiger partial charge in [0, 0.05) is 51.6 Å². The Kier molecular flexibility index (Phi) is 9.97. The van der Waals surface area contributed by atoms with Crippen LogP contribution in [0.25, 0.3) is 0 Å². The highest BCUT2D eigenvalue weighted by atomic mass is 16.5. The molecule has 2 aromatic carbocycles. The van der Waals surface area contributed by atoms with Crippen LogP contribution in [0.2, 0.25) is 0 Å². The number of aliphatic hydroxyl groups is 1. The topological polar surface area (TPSA) is 89.3 Å². The van der Waals surface area contributed by atoms with Crippen molar-refractivity contribution in [2.45, 2.75) is 38.5 Å². The van der Waals surface area contributed by atoms with E-state index in [4.69, 9.17) is 14.2 Å². The lowest BCUT2D eigenvalue weighted by atomic mass is 10.0. The minimum atomic E-state index is -1.24. The van der Waals surface area contributed by atoms with Gasteiger partial charge in [-0.2, -0.15) is 0 Å². The lowest BCUT2D eigenvalue weighted by molar-refractivity contribution is -0.138. The predicted molar refractivity (Wildman–Crippen MR) is 149 cm³/mol. The average Bonchev–Trinajstić information content (AvgIpc) is 3.33. The van der Waals surface area contributed by atoms with E-state index in [0.29, 0.717) is 44.5 Å². The van der Waals surface area contributed by atoms with E-state index in [9.17, 15) is 9.90 Å². The Hall–Kier alpha value is -3.40. The molecule has 1 aliphatic heterocycles. The summed E-state index contributed by atoms with van der Waals surface area (Å²) in [5.41, 5.74) is -0.136. The van der Waals surface area contributed by atoms with Crippen LogP contribution in [-0.4, -0.2) is 89.1 Å². The molecular formula is C30H40N4O5. The first-order valence-electron chi connectivity index (χ1n) is 13.5. The van der Waals surface area contributed by atoms with Gasteiger partial charge in [0.15, 0.2) is 0 Å². The van der Waals surface area contributed by atoms with Crippen molar-refractivity contribution in [2.75, 3.05) is 53.1 Å². The number of aromatic nitrogens is 2. The van der Waals surface area contributed by atoms with Gasteiger partial charge in [-0.3, -0.25) is 9.69 Å². The molecule has 1 fully saturated rings. The maximum atomic E-state index is 12.6. The van der Waals surface area contributed by atoms with Crippen molar-refractivity contribution in [1.82, 2.24) is 19.4 Å². The first-order valence-corrected chi connectivity index (χ1v) is 13.5. The molecule has 3 aromatic rings. The monoisotopic (exact) mass is 536 g/mol. The molecule has 0 bridgehead atoms. The average molecular weight is 537 g/mol. The third-order valence-corrected chi connectivity index (χ3v) is 6.76. The van der Waals surface area contributed by atoms with Crippen molar-refractivity contribution in [3.8, 4) is 11.5 Å². The van der Waals surface area contributed by atoms with Gasteiger partial charge >= 0.3 is 0 Å². The molecule has 0 saturated carbocycles. The molecule has 2 heterocycles. The fraction of sp³-hybridized carbons (Fsp3) is 0.467. The van der Waals surface area contributed by atoms with Crippen LogP contribution >= 0.6 is 0 Å². The zero-order valence-electron chi connectivity index (χ0n) is 23.2. The molecule has 39 heavy (non-hydrogen) atoms. The molecule has 0 aliphatic carbocycles. The molecule has 1 aliphatic rings. The molecule has 1 N–H and O–H groups in total. The molecule has 9 nitrogen and oxygen atoms in total. The summed E-state index contributed by atoms with van der Waals surface area (Å²) in [6.07, 6.45) is 3.81. The second-order valence-corrected chi connectivity index (χ2v) is 10.4. The van der Waals surface area contributed by atoms with Crippen LogP contribution in [0.15, 0.2) is 67.0 Å². The zero-order chi connectivity index (χ0) is 27.7. The van der Waals surface area contributed by atoms with Gasteiger partial charge in [0.1, 0.15) is 42.7 Å². The smallest absolute Gasteiger partial charge is 0.248 e. The molecule has 1 aromatic heterocycles. The van der Waals surface area contributed by atoms with Crippen molar-refractivity contribution < 1.29 is 24.1 Å². The lowest BCUT2D eigenvalue weighted by Crippen LogP contribution is -2.52. The Balaban J connectivity index is 1.36. The van der Waals surface area contributed by atoms with Crippen LogP contribution in [0.3, 0.4) is 0 Å². The van der Waals surface area contributed by atoms with Crippen LogP contribution < -0.4 is 9.47 Å². The van der Waals surface area contributed by atoms with E-state index >= 15 is 0 Å². The molecule has 210 valence electrons. The summed E-state index contributed by atoms with van der Waals surface area (Å²) >= 11 is 0. The third-order valence-electron chi connectivity index (χ3n) is 6.76. The van der Waals surface area contributed by atoms with Gasteiger partial charge in [-0.15, -0.1) is 0 Å². The van der Waals surface area contributed by atoms with E-state index in [1.54, 1.807) is 4.90 Å². The van der Waals surface area contributed by atoms with Crippen LogP contribution in [0, 0.1) is 0 Å². The van der Waals surface area contributed by atoms with Gasteiger partial charge in [-0.25, -0.2) is 4.98 Å². The highest BCUT2D eigenvalue weighted by Gasteiger charge is 2.37. The number of hydrogen-bond acceptors (Lipinski definition) is 7. The SMILES string of the molecule is COCC(=O)N1CCN(Cc2ccc(OCCn3ccnc3C(C)C)cc2)CC(O)(COc2ccccc2)C1. The number of ether oxygens (including phenoxy) is 3. The minimum absolute atomic E-state index is 0.0171. The number of carbonyl (C=O) groups is 1. The Bertz CT molecular complexity index is 1170. The Morgan fingerprint density at radius 2 is 1.77 bits per heavy atom. The number of carbonyl (C=O) groups excluding carboxylic acids is 1. The van der Waals surface area contributed by atoms with E-state index in [1.165, 1.54) is 7.11 Å². The minimum Gasteiger partial charge on any atom is -0.492 e. The lowest BCUT2D eigenvalue weighted by Gasteiger charge is -2.33. The molecule has 1 atom stereocenters. The predicted octanol–water partition coefficient (Wildman–Crippen LogP) is 3.19. The summed E-state index contributed by atoms with van der Waals surface area (Å²) in [6.45, 7) is 7.94. The third kappa shape index (κ3) is 8.29. The second-order valence-electron chi connectivity index (χ2n) is 10.4. The molecule has 9 heteroatoms. The van der Waals surface area contributed by atoms with Crippen LogP contribution in [-0.2, 0) is 22.6 Å². The van der Waals surface area contributed by atoms with E-state index in [0.717, 1.165) is 23.7 Å². The molecule has 1 unspecified atom stereocenters. The molecule has 1 saturated heterocycles. The number of methoxy groups -OCH3 is 1. The molecular weight excluding hydrogens is 496 g/mol. The normalized spacial score (nSPS) is 18.2. The fourth-order valence-electron chi connectivity index (χ4n) is 4.85. The fourth-order valence-corrected chi connectivity index (χ4v) is 4.85. The van der Waals surface area contributed by atoms with Gasteiger partial charge < -0.3 is 28.8 Å². The highest BCUT2D eigenvalue weighted by molar-refractivity contribution is 5.77. The summed E-state index contributed by atoms with van der Waals surface area (Å²) in [5.74, 6) is 2.77. The second kappa shape index (κ2) is 13.6. The van der Waals surface area contributed by atoms with Crippen molar-refractivity contribution >= 4 is 5.91 Å². The van der Waals surface area contributed by atoms with Crippen molar-refractivity contribution in [1.29, 1.82) is 0 Å². The first-order chi connectivity index (χ1) is 18.8. The number of nitrogens with zero attached hydrogens (tertiary/aromatic N) is 4.